The number of ketones is 1. The third-order valence-electron chi connectivity index (χ3n) is 4.62. The maximum Gasteiger partial charge on any atom is 0.415 e. The molecule has 2 aliphatic heterocycles. The molecule has 0 N–H and O–H groups in total. The van der Waals surface area contributed by atoms with Crippen LogP contribution in [0, 0.1) is 0 Å². The molecule has 7 heteroatoms. The SMILES string of the molecule is CCOc1ccccc1C=C1Oc2cc(OC(=O)N3CCOCC3)ccc2C1=O. The van der Waals surface area contributed by atoms with Gasteiger partial charge in [0.1, 0.15) is 17.2 Å². The maximum atomic E-state index is 12.7. The average molecular weight is 395 g/mol. The lowest BCUT2D eigenvalue weighted by Crippen LogP contribution is -2.42. The van der Waals surface area contributed by atoms with Gasteiger partial charge >= 0.3 is 6.09 Å². The van der Waals surface area contributed by atoms with E-state index >= 15 is 0 Å². The third-order valence-corrected chi connectivity index (χ3v) is 4.62. The first-order valence-corrected chi connectivity index (χ1v) is 9.50. The zero-order valence-corrected chi connectivity index (χ0v) is 16.1. The minimum absolute atomic E-state index is 0.198. The number of amides is 1. The number of para-hydroxylation sites is 1. The third kappa shape index (κ3) is 4.09. The van der Waals surface area contributed by atoms with E-state index in [9.17, 15) is 9.59 Å². The van der Waals surface area contributed by atoms with Gasteiger partial charge in [0.25, 0.3) is 0 Å². The van der Waals surface area contributed by atoms with Gasteiger partial charge in [0.15, 0.2) is 5.76 Å². The van der Waals surface area contributed by atoms with Crippen LogP contribution in [0.25, 0.3) is 6.08 Å². The van der Waals surface area contributed by atoms with E-state index in [0.717, 1.165) is 5.56 Å². The van der Waals surface area contributed by atoms with Gasteiger partial charge in [0.2, 0.25) is 5.78 Å². The van der Waals surface area contributed by atoms with E-state index in [1.165, 1.54) is 0 Å². The van der Waals surface area contributed by atoms with Crippen molar-refractivity contribution in [1.29, 1.82) is 0 Å². The Hall–Kier alpha value is -3.32. The number of hydrogen-bond acceptors (Lipinski definition) is 6. The molecule has 29 heavy (non-hydrogen) atoms. The van der Waals surface area contributed by atoms with Gasteiger partial charge < -0.3 is 23.8 Å². The fraction of sp³-hybridized carbons (Fsp3) is 0.273. The Morgan fingerprint density at radius 2 is 1.97 bits per heavy atom. The van der Waals surface area contributed by atoms with Crippen molar-refractivity contribution in [3.63, 3.8) is 0 Å². The lowest BCUT2D eigenvalue weighted by molar-refractivity contribution is 0.0416. The normalized spacial score (nSPS) is 17.1. The van der Waals surface area contributed by atoms with E-state index in [1.54, 1.807) is 29.2 Å². The summed E-state index contributed by atoms with van der Waals surface area (Å²) >= 11 is 0. The molecule has 0 spiro atoms. The van der Waals surface area contributed by atoms with Crippen LogP contribution >= 0.6 is 0 Å². The number of hydrogen-bond donors (Lipinski definition) is 0. The van der Waals surface area contributed by atoms with Crippen molar-refractivity contribution in [3.8, 4) is 17.2 Å². The maximum absolute atomic E-state index is 12.7. The summed E-state index contributed by atoms with van der Waals surface area (Å²) in [5.41, 5.74) is 1.18. The Morgan fingerprint density at radius 1 is 1.17 bits per heavy atom. The average Bonchev–Trinajstić information content (AvgIpc) is 3.05. The summed E-state index contributed by atoms with van der Waals surface area (Å²) in [6.07, 6.45) is 1.21. The second-order valence-corrected chi connectivity index (χ2v) is 6.54. The number of ether oxygens (including phenoxy) is 4. The molecule has 2 aromatic rings. The molecule has 1 saturated heterocycles. The summed E-state index contributed by atoms with van der Waals surface area (Å²) < 4.78 is 22.0. The highest BCUT2D eigenvalue weighted by molar-refractivity contribution is 6.14. The molecule has 0 aromatic heterocycles. The molecule has 0 aliphatic carbocycles. The second-order valence-electron chi connectivity index (χ2n) is 6.54. The van der Waals surface area contributed by atoms with Crippen molar-refractivity contribution >= 4 is 18.0 Å². The van der Waals surface area contributed by atoms with Crippen LogP contribution in [0.3, 0.4) is 0 Å². The first-order chi connectivity index (χ1) is 14.2. The number of nitrogens with zero attached hydrogens (tertiary/aromatic N) is 1. The molecular weight excluding hydrogens is 374 g/mol. The molecule has 7 nitrogen and oxygen atoms in total. The first-order valence-electron chi connectivity index (χ1n) is 9.50. The smallest absolute Gasteiger partial charge is 0.415 e. The molecule has 0 radical (unpaired) electrons. The highest BCUT2D eigenvalue weighted by Gasteiger charge is 2.29. The molecule has 0 atom stereocenters. The van der Waals surface area contributed by atoms with Crippen LogP contribution in [0.4, 0.5) is 4.79 Å². The number of fused-ring (bicyclic) bond motifs is 1. The molecule has 0 unspecified atom stereocenters. The van der Waals surface area contributed by atoms with Crippen LogP contribution in [0.15, 0.2) is 48.2 Å². The molecular formula is C22H21NO6. The quantitative estimate of drug-likeness (QED) is 0.738. The molecule has 1 fully saturated rings. The Morgan fingerprint density at radius 3 is 2.76 bits per heavy atom. The fourth-order valence-electron chi connectivity index (χ4n) is 3.17. The summed E-state index contributed by atoms with van der Waals surface area (Å²) in [6, 6.07) is 12.2. The number of benzene rings is 2. The van der Waals surface area contributed by atoms with Crippen LogP contribution in [0.2, 0.25) is 0 Å². The summed E-state index contributed by atoms with van der Waals surface area (Å²) in [4.78, 5) is 26.5. The fourth-order valence-corrected chi connectivity index (χ4v) is 3.17. The van der Waals surface area contributed by atoms with Crippen LogP contribution in [0.5, 0.6) is 17.2 Å². The monoisotopic (exact) mass is 395 g/mol. The van der Waals surface area contributed by atoms with E-state index in [-0.39, 0.29) is 11.5 Å². The number of morpholine rings is 1. The Balaban J connectivity index is 1.52. The number of rotatable bonds is 4. The number of carbonyl (C=O) groups excluding carboxylic acids is 2. The van der Waals surface area contributed by atoms with E-state index in [0.29, 0.717) is 55.7 Å². The lowest BCUT2D eigenvalue weighted by Gasteiger charge is -2.25. The van der Waals surface area contributed by atoms with Gasteiger partial charge in [-0.3, -0.25) is 4.79 Å². The summed E-state index contributed by atoms with van der Waals surface area (Å²) in [5.74, 6) is 1.34. The summed E-state index contributed by atoms with van der Waals surface area (Å²) in [7, 11) is 0. The van der Waals surface area contributed by atoms with Gasteiger partial charge in [-0.15, -0.1) is 0 Å². The Labute approximate surface area is 168 Å². The van der Waals surface area contributed by atoms with Crippen LogP contribution in [0.1, 0.15) is 22.8 Å². The standard InChI is InChI=1S/C22H21NO6/c1-2-27-18-6-4-3-5-15(18)13-20-21(24)17-8-7-16(14-19(17)29-20)28-22(25)23-9-11-26-12-10-23/h3-8,13-14H,2,9-12H2,1H3. The lowest BCUT2D eigenvalue weighted by atomic mass is 10.1. The van der Waals surface area contributed by atoms with Crippen LogP contribution in [-0.4, -0.2) is 49.7 Å². The van der Waals surface area contributed by atoms with Crippen molar-refractivity contribution in [2.45, 2.75) is 6.92 Å². The van der Waals surface area contributed by atoms with Crippen LogP contribution < -0.4 is 14.2 Å². The van der Waals surface area contributed by atoms with Crippen molar-refractivity contribution in [3.05, 3.63) is 59.4 Å². The van der Waals surface area contributed by atoms with Crippen LogP contribution in [-0.2, 0) is 4.74 Å². The molecule has 0 saturated carbocycles. The van der Waals surface area contributed by atoms with Crippen molar-refractivity contribution in [1.82, 2.24) is 4.90 Å². The highest BCUT2D eigenvalue weighted by Crippen LogP contribution is 2.35. The van der Waals surface area contributed by atoms with Crippen molar-refractivity contribution in [2.24, 2.45) is 0 Å². The molecule has 2 heterocycles. The minimum atomic E-state index is -0.445. The van der Waals surface area contributed by atoms with Gasteiger partial charge in [-0.1, -0.05) is 18.2 Å². The van der Waals surface area contributed by atoms with Gasteiger partial charge in [-0.25, -0.2) is 4.79 Å². The summed E-state index contributed by atoms with van der Waals surface area (Å²) in [5, 5.41) is 0. The zero-order valence-electron chi connectivity index (χ0n) is 16.1. The molecule has 0 bridgehead atoms. The Kier molecular flexibility index (Phi) is 5.48. The largest absolute Gasteiger partial charge is 0.493 e. The van der Waals surface area contributed by atoms with Gasteiger partial charge in [0.05, 0.1) is 25.4 Å². The van der Waals surface area contributed by atoms with E-state index in [2.05, 4.69) is 0 Å². The zero-order chi connectivity index (χ0) is 20.2. The first kappa shape index (κ1) is 19.0. The number of Topliss-reactive ketones (excluding diaryl/α,β-unsaturated/α-hetero) is 1. The number of carbonyl (C=O) groups is 2. The molecule has 4 rings (SSSR count). The van der Waals surface area contributed by atoms with E-state index in [1.807, 2.05) is 31.2 Å². The summed E-state index contributed by atoms with van der Waals surface area (Å²) in [6.45, 7) is 4.39. The van der Waals surface area contributed by atoms with Gasteiger partial charge in [0, 0.05) is 24.7 Å². The van der Waals surface area contributed by atoms with Crippen molar-refractivity contribution < 1.29 is 28.5 Å². The molecule has 2 aromatic carbocycles. The van der Waals surface area contributed by atoms with E-state index < -0.39 is 6.09 Å². The number of allylic oxidation sites excluding steroid dienone is 1. The molecule has 150 valence electrons. The van der Waals surface area contributed by atoms with Gasteiger partial charge in [-0.05, 0) is 31.2 Å². The minimum Gasteiger partial charge on any atom is -0.493 e. The Bertz CT molecular complexity index is 962. The second kappa shape index (κ2) is 8.36. The van der Waals surface area contributed by atoms with Crippen molar-refractivity contribution in [2.75, 3.05) is 32.9 Å². The predicted molar refractivity (Wildman–Crippen MR) is 105 cm³/mol. The van der Waals surface area contributed by atoms with Gasteiger partial charge in [-0.2, -0.15) is 0 Å². The molecule has 1 amide bonds. The van der Waals surface area contributed by atoms with E-state index in [4.69, 9.17) is 18.9 Å². The predicted octanol–water partition coefficient (Wildman–Crippen LogP) is 3.53. The highest BCUT2D eigenvalue weighted by atomic mass is 16.6. The molecule has 2 aliphatic rings. The topological polar surface area (TPSA) is 74.3 Å².